The zero-order chi connectivity index (χ0) is 17.5. The van der Waals surface area contributed by atoms with Crippen molar-refractivity contribution in [1.29, 1.82) is 0 Å². The van der Waals surface area contributed by atoms with E-state index in [4.69, 9.17) is 5.11 Å². The number of piperidine rings is 1. The van der Waals surface area contributed by atoms with Gasteiger partial charge in [0, 0.05) is 37.5 Å². The molecule has 1 aliphatic rings. The highest BCUT2D eigenvalue weighted by molar-refractivity contribution is 6.39. The summed E-state index contributed by atoms with van der Waals surface area (Å²) in [5.41, 5.74) is 0.985. The number of likely N-dealkylation sites (tertiary alicyclic amines) is 1. The Kier molecular flexibility index (Phi) is 6.31. The predicted molar refractivity (Wildman–Crippen MR) is 90.4 cm³/mol. The van der Waals surface area contributed by atoms with Crippen LogP contribution in [-0.4, -0.2) is 46.9 Å². The number of carbonyl (C=O) groups is 3. The predicted octanol–water partition coefficient (Wildman–Crippen LogP) is 1.35. The summed E-state index contributed by atoms with van der Waals surface area (Å²) in [6, 6.07) is 6.53. The smallest absolute Gasteiger partial charge is 0.313 e. The van der Waals surface area contributed by atoms with Crippen LogP contribution in [0.4, 0.5) is 11.4 Å². The standard InChI is InChI=1S/C17H23N3O4/c1-12(22)18-13-5-4-6-14(11-13)19-16(23)17(24)20-9-3-2-7-15(20)8-10-21/h4-6,11,15,21H,2-3,7-10H2,1H3,(H,18,22)(H,19,23). The monoisotopic (exact) mass is 333 g/mol. The third kappa shape index (κ3) is 4.79. The third-order valence-electron chi connectivity index (χ3n) is 3.99. The van der Waals surface area contributed by atoms with Crippen molar-refractivity contribution in [2.75, 3.05) is 23.8 Å². The molecular formula is C17H23N3O4. The van der Waals surface area contributed by atoms with Crippen LogP contribution in [0, 0.1) is 0 Å². The lowest BCUT2D eigenvalue weighted by Gasteiger charge is -2.35. The fourth-order valence-corrected chi connectivity index (χ4v) is 2.91. The molecule has 0 bridgehead atoms. The van der Waals surface area contributed by atoms with Crippen LogP contribution < -0.4 is 10.6 Å². The Balaban J connectivity index is 2.02. The van der Waals surface area contributed by atoms with Crippen LogP contribution in [0.15, 0.2) is 24.3 Å². The number of anilines is 2. The molecule has 130 valence electrons. The van der Waals surface area contributed by atoms with Crippen molar-refractivity contribution in [3.05, 3.63) is 24.3 Å². The number of carbonyl (C=O) groups excluding carboxylic acids is 3. The highest BCUT2D eigenvalue weighted by Gasteiger charge is 2.30. The Morgan fingerprint density at radius 3 is 2.58 bits per heavy atom. The van der Waals surface area contributed by atoms with E-state index in [9.17, 15) is 14.4 Å². The molecule has 0 radical (unpaired) electrons. The lowest BCUT2D eigenvalue weighted by molar-refractivity contribution is -0.146. The van der Waals surface area contributed by atoms with Crippen LogP contribution in [0.2, 0.25) is 0 Å². The summed E-state index contributed by atoms with van der Waals surface area (Å²) < 4.78 is 0. The Morgan fingerprint density at radius 2 is 1.92 bits per heavy atom. The number of hydrogen-bond donors (Lipinski definition) is 3. The highest BCUT2D eigenvalue weighted by Crippen LogP contribution is 2.20. The fraction of sp³-hybridized carbons (Fsp3) is 0.471. The van der Waals surface area contributed by atoms with Gasteiger partial charge < -0.3 is 20.6 Å². The number of nitrogens with one attached hydrogen (secondary N) is 2. The summed E-state index contributed by atoms with van der Waals surface area (Å²) in [6.45, 7) is 1.92. The molecule has 1 aromatic carbocycles. The molecule has 3 amide bonds. The van der Waals surface area contributed by atoms with Gasteiger partial charge in [-0.15, -0.1) is 0 Å². The van der Waals surface area contributed by atoms with Gasteiger partial charge in [0.05, 0.1) is 0 Å². The number of aliphatic hydroxyl groups is 1. The second kappa shape index (κ2) is 8.44. The average Bonchev–Trinajstić information content (AvgIpc) is 2.54. The highest BCUT2D eigenvalue weighted by atomic mass is 16.3. The molecule has 24 heavy (non-hydrogen) atoms. The van der Waals surface area contributed by atoms with Crippen molar-refractivity contribution in [1.82, 2.24) is 4.90 Å². The molecule has 1 heterocycles. The van der Waals surface area contributed by atoms with Gasteiger partial charge in [-0.1, -0.05) is 6.07 Å². The first kappa shape index (κ1) is 17.9. The van der Waals surface area contributed by atoms with E-state index in [1.807, 2.05) is 0 Å². The quantitative estimate of drug-likeness (QED) is 0.724. The van der Waals surface area contributed by atoms with Crippen molar-refractivity contribution in [3.8, 4) is 0 Å². The summed E-state index contributed by atoms with van der Waals surface area (Å²) in [6.07, 6.45) is 3.14. The zero-order valence-electron chi connectivity index (χ0n) is 13.7. The maximum atomic E-state index is 12.4. The molecule has 1 unspecified atom stereocenters. The molecular weight excluding hydrogens is 310 g/mol. The van der Waals surface area contributed by atoms with Gasteiger partial charge in [-0.2, -0.15) is 0 Å². The van der Waals surface area contributed by atoms with Crippen LogP contribution in [0.1, 0.15) is 32.6 Å². The van der Waals surface area contributed by atoms with Crippen molar-refractivity contribution < 1.29 is 19.5 Å². The van der Waals surface area contributed by atoms with Gasteiger partial charge in [0.15, 0.2) is 0 Å². The molecule has 7 nitrogen and oxygen atoms in total. The minimum atomic E-state index is -0.709. The maximum Gasteiger partial charge on any atom is 0.313 e. The fourth-order valence-electron chi connectivity index (χ4n) is 2.91. The van der Waals surface area contributed by atoms with E-state index in [2.05, 4.69) is 10.6 Å². The van der Waals surface area contributed by atoms with Crippen molar-refractivity contribution >= 4 is 29.1 Å². The first-order chi connectivity index (χ1) is 11.5. The zero-order valence-corrected chi connectivity index (χ0v) is 13.7. The normalized spacial score (nSPS) is 17.2. The van der Waals surface area contributed by atoms with E-state index in [1.165, 1.54) is 6.92 Å². The van der Waals surface area contributed by atoms with Crippen LogP contribution in [0.3, 0.4) is 0 Å². The van der Waals surface area contributed by atoms with Crippen LogP contribution >= 0.6 is 0 Å². The van der Waals surface area contributed by atoms with Gasteiger partial charge in [-0.3, -0.25) is 14.4 Å². The second-order valence-corrected chi connectivity index (χ2v) is 5.88. The Hall–Kier alpha value is -2.41. The number of amides is 3. The Morgan fingerprint density at radius 1 is 1.21 bits per heavy atom. The summed E-state index contributed by atoms with van der Waals surface area (Å²) in [5.74, 6) is -1.51. The van der Waals surface area contributed by atoms with Gasteiger partial charge in [-0.25, -0.2) is 0 Å². The Labute approximate surface area is 141 Å². The molecule has 3 N–H and O–H groups in total. The molecule has 1 fully saturated rings. The third-order valence-corrected chi connectivity index (χ3v) is 3.99. The lowest BCUT2D eigenvalue weighted by atomic mass is 9.99. The van der Waals surface area contributed by atoms with E-state index in [1.54, 1.807) is 29.2 Å². The Bertz CT molecular complexity index is 616. The van der Waals surface area contributed by atoms with E-state index < -0.39 is 11.8 Å². The van der Waals surface area contributed by atoms with Crippen LogP contribution in [0.25, 0.3) is 0 Å². The number of benzene rings is 1. The first-order valence-electron chi connectivity index (χ1n) is 8.11. The number of nitrogens with zero attached hydrogens (tertiary/aromatic N) is 1. The van der Waals surface area contributed by atoms with Crippen LogP contribution in [-0.2, 0) is 14.4 Å². The molecule has 1 saturated heterocycles. The van der Waals surface area contributed by atoms with Gasteiger partial charge in [0.1, 0.15) is 0 Å². The lowest BCUT2D eigenvalue weighted by Crippen LogP contribution is -2.48. The van der Waals surface area contributed by atoms with E-state index >= 15 is 0 Å². The molecule has 1 atom stereocenters. The SMILES string of the molecule is CC(=O)Nc1cccc(NC(=O)C(=O)N2CCCCC2CCO)c1. The summed E-state index contributed by atoms with van der Waals surface area (Å²) in [4.78, 5) is 37.3. The number of hydrogen-bond acceptors (Lipinski definition) is 4. The number of aliphatic hydroxyl groups excluding tert-OH is 1. The molecule has 1 aromatic rings. The van der Waals surface area contributed by atoms with Crippen molar-refractivity contribution in [2.45, 2.75) is 38.6 Å². The van der Waals surface area contributed by atoms with Crippen molar-refractivity contribution in [2.24, 2.45) is 0 Å². The molecule has 0 saturated carbocycles. The van der Waals surface area contributed by atoms with Gasteiger partial charge in [0.2, 0.25) is 5.91 Å². The first-order valence-corrected chi connectivity index (χ1v) is 8.11. The molecule has 2 rings (SSSR count). The average molecular weight is 333 g/mol. The summed E-state index contributed by atoms with van der Waals surface area (Å²) in [7, 11) is 0. The van der Waals surface area contributed by atoms with Gasteiger partial charge >= 0.3 is 11.8 Å². The molecule has 7 heteroatoms. The number of rotatable bonds is 4. The molecule has 0 aromatic heterocycles. The van der Waals surface area contributed by atoms with E-state index in [-0.39, 0.29) is 18.6 Å². The molecule has 1 aliphatic heterocycles. The van der Waals surface area contributed by atoms with Crippen LogP contribution in [0.5, 0.6) is 0 Å². The maximum absolute atomic E-state index is 12.4. The summed E-state index contributed by atoms with van der Waals surface area (Å²) in [5, 5.41) is 14.3. The topological polar surface area (TPSA) is 98.7 Å². The molecule has 0 spiro atoms. The van der Waals surface area contributed by atoms with E-state index in [0.717, 1.165) is 19.3 Å². The minimum absolute atomic E-state index is 0.00513. The van der Waals surface area contributed by atoms with Gasteiger partial charge in [0.25, 0.3) is 0 Å². The molecule has 0 aliphatic carbocycles. The summed E-state index contributed by atoms with van der Waals surface area (Å²) >= 11 is 0. The second-order valence-electron chi connectivity index (χ2n) is 5.88. The van der Waals surface area contributed by atoms with E-state index in [0.29, 0.717) is 24.3 Å². The minimum Gasteiger partial charge on any atom is -0.396 e. The van der Waals surface area contributed by atoms with Gasteiger partial charge in [-0.05, 0) is 43.9 Å². The largest absolute Gasteiger partial charge is 0.396 e. The van der Waals surface area contributed by atoms with Crippen molar-refractivity contribution in [3.63, 3.8) is 0 Å².